The molecule has 0 saturated carbocycles. The number of hydrogen-bond acceptors (Lipinski definition) is 8. The van der Waals surface area contributed by atoms with Crippen molar-refractivity contribution in [2.75, 3.05) is 14.2 Å². The minimum absolute atomic E-state index is 0.275. The molecule has 8 heteroatoms. The molecule has 1 aromatic rings. The first kappa shape index (κ1) is 26.1. The van der Waals surface area contributed by atoms with Crippen LogP contribution in [0.4, 0.5) is 0 Å². The van der Waals surface area contributed by atoms with Crippen molar-refractivity contribution in [1.29, 1.82) is 0 Å². The predicted octanol–water partition coefficient (Wildman–Crippen LogP) is 4.00. The van der Waals surface area contributed by atoms with Crippen LogP contribution in [0.25, 0.3) is 0 Å². The van der Waals surface area contributed by atoms with Crippen molar-refractivity contribution >= 4 is 29.6 Å². The second kappa shape index (κ2) is 9.98. The third-order valence-electron chi connectivity index (χ3n) is 5.97. The Morgan fingerprint density at radius 2 is 1.83 bits per heavy atom. The molecule has 8 nitrogen and oxygen atoms in total. The quantitative estimate of drug-likeness (QED) is 0.547. The average molecular weight is 481 g/mol. The van der Waals surface area contributed by atoms with Crippen molar-refractivity contribution in [3.8, 4) is 5.75 Å². The van der Waals surface area contributed by atoms with E-state index in [-0.39, 0.29) is 6.42 Å². The summed E-state index contributed by atoms with van der Waals surface area (Å²) in [5.74, 6) is -2.43. The molecular weight excluding hydrogens is 448 g/mol. The van der Waals surface area contributed by atoms with E-state index in [4.69, 9.17) is 14.2 Å². The molecule has 1 aromatic carbocycles. The Labute approximate surface area is 205 Å². The molecule has 0 aromatic heterocycles. The molecule has 0 radical (unpaired) electrons. The zero-order valence-electron chi connectivity index (χ0n) is 21.2. The van der Waals surface area contributed by atoms with Gasteiger partial charge in [0.2, 0.25) is 0 Å². The van der Waals surface area contributed by atoms with Crippen molar-refractivity contribution in [1.82, 2.24) is 0 Å². The Hall–Kier alpha value is -3.55. The van der Waals surface area contributed by atoms with Crippen LogP contribution in [-0.4, -0.2) is 55.0 Å². The van der Waals surface area contributed by atoms with Gasteiger partial charge in [0.1, 0.15) is 17.3 Å². The van der Waals surface area contributed by atoms with Gasteiger partial charge in [0.25, 0.3) is 0 Å². The van der Waals surface area contributed by atoms with Crippen molar-refractivity contribution in [2.45, 2.75) is 58.1 Å². The van der Waals surface area contributed by atoms with Gasteiger partial charge in [-0.3, -0.25) is 24.4 Å². The Kier molecular flexibility index (Phi) is 7.43. The standard InChI is InChI=1S/C27H32N2O6/c1-16-21(24(31)27(12-9-13-28-27)15-20(30)35-26(3,4)5)23(18-10-8-11-19(14-18)33-6)22(17(2)29-16)25(32)34-7/h8-14,22-23H,15H2,1-7H3. The van der Waals surface area contributed by atoms with Crippen LogP contribution in [0.1, 0.15) is 52.5 Å². The summed E-state index contributed by atoms with van der Waals surface area (Å²) < 4.78 is 16.0. The number of ether oxygens (including phenoxy) is 3. The van der Waals surface area contributed by atoms with E-state index in [0.29, 0.717) is 28.3 Å². The third kappa shape index (κ3) is 5.42. The summed E-state index contributed by atoms with van der Waals surface area (Å²) in [7, 11) is 2.85. The van der Waals surface area contributed by atoms with E-state index >= 15 is 0 Å². The minimum atomic E-state index is -1.49. The van der Waals surface area contributed by atoms with Gasteiger partial charge < -0.3 is 14.2 Å². The van der Waals surface area contributed by atoms with E-state index in [1.54, 1.807) is 72.1 Å². The fraction of sp³-hybridized carbons (Fsp3) is 0.444. The highest BCUT2D eigenvalue weighted by molar-refractivity contribution is 6.13. The molecule has 3 unspecified atom stereocenters. The van der Waals surface area contributed by atoms with Crippen LogP contribution in [0.5, 0.6) is 5.75 Å². The zero-order chi connectivity index (χ0) is 26.0. The smallest absolute Gasteiger partial charge is 0.315 e. The maximum atomic E-state index is 14.3. The molecule has 0 amide bonds. The van der Waals surface area contributed by atoms with Crippen LogP contribution in [0, 0.1) is 5.92 Å². The summed E-state index contributed by atoms with van der Waals surface area (Å²) in [4.78, 5) is 48.9. The summed E-state index contributed by atoms with van der Waals surface area (Å²) in [5, 5.41) is 0. The second-order valence-electron chi connectivity index (χ2n) is 9.66. The first-order chi connectivity index (χ1) is 16.4. The number of rotatable bonds is 7. The van der Waals surface area contributed by atoms with Gasteiger partial charge in [0, 0.05) is 29.1 Å². The summed E-state index contributed by atoms with van der Waals surface area (Å²) >= 11 is 0. The number of methoxy groups -OCH3 is 2. The first-order valence-electron chi connectivity index (χ1n) is 11.4. The van der Waals surface area contributed by atoms with Crippen LogP contribution in [-0.2, 0) is 23.9 Å². The van der Waals surface area contributed by atoms with Gasteiger partial charge in [-0.1, -0.05) is 12.1 Å². The number of carbonyl (C=O) groups excluding carboxylic acids is 3. The lowest BCUT2D eigenvalue weighted by Crippen LogP contribution is -2.43. The molecule has 35 heavy (non-hydrogen) atoms. The van der Waals surface area contributed by atoms with E-state index < -0.39 is 40.7 Å². The van der Waals surface area contributed by atoms with E-state index in [2.05, 4.69) is 9.98 Å². The number of allylic oxidation sites excluding steroid dienone is 2. The number of nitrogens with zero attached hydrogens (tertiary/aromatic N) is 2. The SMILES string of the molecule is COC(=O)C1C(C)=NC(C)=C(C(=O)C2(CC(=O)OC(C)(C)C)C=CC=N2)C1c1cccc(OC)c1. The van der Waals surface area contributed by atoms with Crippen molar-refractivity contribution in [2.24, 2.45) is 15.9 Å². The molecule has 2 aliphatic heterocycles. The van der Waals surface area contributed by atoms with Gasteiger partial charge in [0.05, 0.1) is 20.6 Å². The van der Waals surface area contributed by atoms with E-state index in [1.165, 1.54) is 13.3 Å². The summed E-state index contributed by atoms with van der Waals surface area (Å²) in [5.41, 5.74) is -0.225. The van der Waals surface area contributed by atoms with Crippen LogP contribution in [0.15, 0.2) is 57.7 Å². The number of benzene rings is 1. The summed E-state index contributed by atoms with van der Waals surface area (Å²) in [6.07, 6.45) is 4.45. The largest absolute Gasteiger partial charge is 0.497 e. The molecule has 2 heterocycles. The fourth-order valence-corrected chi connectivity index (χ4v) is 4.53. The molecule has 3 rings (SSSR count). The molecule has 0 aliphatic carbocycles. The molecule has 0 saturated heterocycles. The van der Waals surface area contributed by atoms with Crippen molar-refractivity contribution in [3.63, 3.8) is 0 Å². The normalized spacial score (nSPS) is 23.7. The molecule has 2 aliphatic rings. The number of ketones is 1. The van der Waals surface area contributed by atoms with Crippen molar-refractivity contribution in [3.05, 3.63) is 53.3 Å². The van der Waals surface area contributed by atoms with Gasteiger partial charge >= 0.3 is 11.9 Å². The molecule has 186 valence electrons. The van der Waals surface area contributed by atoms with Crippen molar-refractivity contribution < 1.29 is 28.6 Å². The van der Waals surface area contributed by atoms with Crippen LogP contribution in [0.2, 0.25) is 0 Å². The molecular formula is C27H32N2O6. The molecule has 0 bridgehead atoms. The molecule has 0 spiro atoms. The van der Waals surface area contributed by atoms with Crippen LogP contribution >= 0.6 is 0 Å². The first-order valence-corrected chi connectivity index (χ1v) is 11.4. The Morgan fingerprint density at radius 3 is 2.40 bits per heavy atom. The molecule has 0 N–H and O–H groups in total. The highest BCUT2D eigenvalue weighted by Crippen LogP contribution is 2.44. The van der Waals surface area contributed by atoms with E-state index in [1.807, 2.05) is 6.07 Å². The number of carbonyl (C=O) groups is 3. The van der Waals surface area contributed by atoms with E-state index in [0.717, 1.165) is 0 Å². The molecule has 0 fully saturated rings. The van der Waals surface area contributed by atoms with Crippen LogP contribution < -0.4 is 4.74 Å². The lowest BCUT2D eigenvalue weighted by Gasteiger charge is -2.35. The number of esters is 2. The second-order valence-corrected chi connectivity index (χ2v) is 9.66. The van der Waals surface area contributed by atoms with Gasteiger partial charge in [-0.15, -0.1) is 0 Å². The maximum absolute atomic E-state index is 14.3. The Morgan fingerprint density at radius 1 is 1.11 bits per heavy atom. The average Bonchev–Trinajstić information content (AvgIpc) is 3.25. The highest BCUT2D eigenvalue weighted by atomic mass is 16.6. The van der Waals surface area contributed by atoms with Gasteiger partial charge in [0.15, 0.2) is 11.3 Å². The minimum Gasteiger partial charge on any atom is -0.497 e. The van der Waals surface area contributed by atoms with E-state index in [9.17, 15) is 14.4 Å². The number of Topliss-reactive ketones (excluding diaryl/α,β-unsaturated/α-hetero) is 1. The van der Waals surface area contributed by atoms with Gasteiger partial charge in [-0.2, -0.15) is 0 Å². The predicted molar refractivity (Wildman–Crippen MR) is 133 cm³/mol. The molecule has 3 atom stereocenters. The van der Waals surface area contributed by atoms with Gasteiger partial charge in [-0.05, 0) is 64.5 Å². The fourth-order valence-electron chi connectivity index (χ4n) is 4.53. The highest BCUT2D eigenvalue weighted by Gasteiger charge is 2.49. The van der Waals surface area contributed by atoms with Gasteiger partial charge in [-0.25, -0.2) is 0 Å². The lowest BCUT2D eigenvalue weighted by atomic mass is 9.71. The third-order valence-corrected chi connectivity index (χ3v) is 5.97. The van der Waals surface area contributed by atoms with Crippen LogP contribution in [0.3, 0.4) is 0 Å². The summed E-state index contributed by atoms with van der Waals surface area (Å²) in [6, 6.07) is 7.20. The monoisotopic (exact) mass is 480 g/mol. The Balaban J connectivity index is 2.15. The maximum Gasteiger partial charge on any atom is 0.315 e. The lowest BCUT2D eigenvalue weighted by molar-refractivity contribution is -0.156. The number of aliphatic imine (C=N–C) groups is 2. The Bertz CT molecular complexity index is 1140. The number of hydrogen-bond donors (Lipinski definition) is 0. The zero-order valence-corrected chi connectivity index (χ0v) is 21.2. The topological polar surface area (TPSA) is 104 Å². The summed E-state index contributed by atoms with van der Waals surface area (Å²) in [6.45, 7) is 8.75.